The van der Waals surface area contributed by atoms with E-state index in [1.807, 2.05) is 0 Å². The average molecular weight is 269 g/mol. The molecule has 0 radical (unpaired) electrons. The van der Waals surface area contributed by atoms with E-state index in [0.717, 1.165) is 32.0 Å². The lowest BCUT2D eigenvalue weighted by Gasteiger charge is -2.36. The summed E-state index contributed by atoms with van der Waals surface area (Å²) in [5.41, 5.74) is 5.59. The molecule has 19 heavy (non-hydrogen) atoms. The molecule has 2 atom stereocenters. The van der Waals surface area contributed by atoms with Gasteiger partial charge in [-0.15, -0.1) is 0 Å². The second-order valence-corrected chi connectivity index (χ2v) is 6.07. The number of likely N-dealkylation sites (tertiary alicyclic amines) is 1. The highest BCUT2D eigenvalue weighted by atomic mass is 16.4. The van der Waals surface area contributed by atoms with Crippen molar-refractivity contribution in [2.45, 2.75) is 38.1 Å². The van der Waals surface area contributed by atoms with Gasteiger partial charge < -0.3 is 16.2 Å². The van der Waals surface area contributed by atoms with E-state index in [9.17, 15) is 9.90 Å². The standard InChI is InChI=1S/C14H27N3O2/c15-5-6-17-9-12(14(18)19)7-13(10-17)16-8-11-3-1-2-4-11/h11-13,16H,1-10,15H2,(H,18,19). The van der Waals surface area contributed by atoms with Gasteiger partial charge in [0, 0.05) is 32.2 Å². The van der Waals surface area contributed by atoms with Crippen LogP contribution in [0.2, 0.25) is 0 Å². The first-order valence-electron chi connectivity index (χ1n) is 7.57. The quantitative estimate of drug-likeness (QED) is 0.654. The molecule has 0 aromatic carbocycles. The lowest BCUT2D eigenvalue weighted by molar-refractivity contribution is -0.144. The van der Waals surface area contributed by atoms with Crippen LogP contribution >= 0.6 is 0 Å². The van der Waals surface area contributed by atoms with Crippen molar-refractivity contribution in [3.8, 4) is 0 Å². The summed E-state index contributed by atoms with van der Waals surface area (Å²) in [6.45, 7) is 4.03. The molecule has 0 aromatic rings. The predicted molar refractivity (Wildman–Crippen MR) is 75.0 cm³/mol. The zero-order valence-corrected chi connectivity index (χ0v) is 11.7. The van der Waals surface area contributed by atoms with Crippen LogP contribution in [0.5, 0.6) is 0 Å². The van der Waals surface area contributed by atoms with Crippen LogP contribution in [0.15, 0.2) is 0 Å². The molecule has 1 heterocycles. The highest BCUT2D eigenvalue weighted by Gasteiger charge is 2.31. The van der Waals surface area contributed by atoms with Crippen LogP contribution in [0.25, 0.3) is 0 Å². The Kier molecular flexibility index (Phi) is 5.60. The molecule has 4 N–H and O–H groups in total. The van der Waals surface area contributed by atoms with Gasteiger partial charge in [-0.2, -0.15) is 0 Å². The van der Waals surface area contributed by atoms with Crippen LogP contribution in [-0.4, -0.2) is 54.7 Å². The normalized spacial score (nSPS) is 29.7. The fourth-order valence-corrected chi connectivity index (χ4v) is 3.43. The van der Waals surface area contributed by atoms with Gasteiger partial charge >= 0.3 is 5.97 Å². The molecule has 0 amide bonds. The smallest absolute Gasteiger partial charge is 0.307 e. The molecule has 2 unspecified atom stereocenters. The van der Waals surface area contributed by atoms with Crippen molar-refractivity contribution in [2.75, 3.05) is 32.7 Å². The Bertz CT molecular complexity index is 292. The van der Waals surface area contributed by atoms with Crippen LogP contribution in [-0.2, 0) is 4.79 Å². The minimum Gasteiger partial charge on any atom is -0.481 e. The Morgan fingerprint density at radius 2 is 2.05 bits per heavy atom. The maximum atomic E-state index is 11.2. The van der Waals surface area contributed by atoms with E-state index >= 15 is 0 Å². The zero-order valence-electron chi connectivity index (χ0n) is 11.7. The topological polar surface area (TPSA) is 78.6 Å². The average Bonchev–Trinajstić information content (AvgIpc) is 2.89. The summed E-state index contributed by atoms with van der Waals surface area (Å²) in [6.07, 6.45) is 6.12. The van der Waals surface area contributed by atoms with E-state index in [1.54, 1.807) is 0 Å². The molecule has 1 saturated carbocycles. The van der Waals surface area contributed by atoms with Gasteiger partial charge in [0.15, 0.2) is 0 Å². The van der Waals surface area contributed by atoms with Crippen molar-refractivity contribution in [2.24, 2.45) is 17.6 Å². The molecule has 2 fully saturated rings. The van der Waals surface area contributed by atoms with Crippen molar-refractivity contribution < 1.29 is 9.90 Å². The monoisotopic (exact) mass is 269 g/mol. The number of hydrogen-bond donors (Lipinski definition) is 3. The Hall–Kier alpha value is -0.650. The molecule has 0 spiro atoms. The summed E-state index contributed by atoms with van der Waals surface area (Å²) in [6, 6.07) is 0.307. The third-order valence-electron chi connectivity index (χ3n) is 4.49. The predicted octanol–water partition coefficient (Wildman–Crippen LogP) is 0.500. The van der Waals surface area contributed by atoms with Gasteiger partial charge in [-0.05, 0) is 31.7 Å². The van der Waals surface area contributed by atoms with Crippen molar-refractivity contribution >= 4 is 5.97 Å². The number of carboxylic acids is 1. The van der Waals surface area contributed by atoms with Gasteiger partial charge in [0.25, 0.3) is 0 Å². The summed E-state index contributed by atoms with van der Waals surface area (Å²) >= 11 is 0. The minimum atomic E-state index is -0.672. The Morgan fingerprint density at radius 3 is 2.68 bits per heavy atom. The van der Waals surface area contributed by atoms with Crippen LogP contribution in [0.3, 0.4) is 0 Å². The summed E-state index contributed by atoms with van der Waals surface area (Å²) in [7, 11) is 0. The molecule has 2 aliphatic rings. The first-order valence-corrected chi connectivity index (χ1v) is 7.57. The summed E-state index contributed by atoms with van der Waals surface area (Å²) < 4.78 is 0. The molecular weight excluding hydrogens is 242 g/mol. The summed E-state index contributed by atoms with van der Waals surface area (Å²) in [5.74, 6) is -0.121. The van der Waals surface area contributed by atoms with Crippen molar-refractivity contribution in [1.82, 2.24) is 10.2 Å². The van der Waals surface area contributed by atoms with E-state index < -0.39 is 5.97 Å². The molecule has 0 aromatic heterocycles. The molecule has 5 heteroatoms. The Balaban J connectivity index is 1.81. The van der Waals surface area contributed by atoms with Gasteiger partial charge in [0.2, 0.25) is 0 Å². The van der Waals surface area contributed by atoms with Crippen molar-refractivity contribution in [3.05, 3.63) is 0 Å². The molecule has 110 valence electrons. The number of aliphatic carboxylic acids is 1. The number of hydrogen-bond acceptors (Lipinski definition) is 4. The largest absolute Gasteiger partial charge is 0.481 e. The number of carboxylic acid groups (broad SMARTS) is 1. The van der Waals surface area contributed by atoms with E-state index in [4.69, 9.17) is 5.73 Å². The van der Waals surface area contributed by atoms with Gasteiger partial charge in [-0.1, -0.05) is 12.8 Å². The third kappa shape index (κ3) is 4.44. The maximum Gasteiger partial charge on any atom is 0.307 e. The van der Waals surface area contributed by atoms with E-state index in [2.05, 4.69) is 10.2 Å². The van der Waals surface area contributed by atoms with Gasteiger partial charge in [0.05, 0.1) is 5.92 Å². The SMILES string of the molecule is NCCN1CC(NCC2CCCC2)CC(C(=O)O)C1. The lowest BCUT2D eigenvalue weighted by Crippen LogP contribution is -2.52. The fraction of sp³-hybridized carbons (Fsp3) is 0.929. The van der Waals surface area contributed by atoms with Gasteiger partial charge in [-0.3, -0.25) is 9.69 Å². The Morgan fingerprint density at radius 1 is 1.32 bits per heavy atom. The molecule has 5 nitrogen and oxygen atoms in total. The van der Waals surface area contributed by atoms with Gasteiger partial charge in [0.1, 0.15) is 0 Å². The van der Waals surface area contributed by atoms with Crippen LogP contribution in [0, 0.1) is 11.8 Å². The van der Waals surface area contributed by atoms with Gasteiger partial charge in [-0.25, -0.2) is 0 Å². The zero-order chi connectivity index (χ0) is 13.7. The second-order valence-electron chi connectivity index (χ2n) is 6.07. The second kappa shape index (κ2) is 7.22. The third-order valence-corrected chi connectivity index (χ3v) is 4.49. The molecule has 1 aliphatic heterocycles. The minimum absolute atomic E-state index is 0.249. The number of carbonyl (C=O) groups is 1. The number of nitrogens with two attached hydrogens (primary N) is 1. The van der Waals surface area contributed by atoms with E-state index in [1.165, 1.54) is 25.7 Å². The number of nitrogens with one attached hydrogen (secondary N) is 1. The number of nitrogens with zero attached hydrogens (tertiary/aromatic N) is 1. The lowest BCUT2D eigenvalue weighted by atomic mass is 9.93. The number of rotatable bonds is 6. The Labute approximate surface area is 115 Å². The van der Waals surface area contributed by atoms with Crippen LogP contribution in [0.4, 0.5) is 0 Å². The first-order chi connectivity index (χ1) is 9.19. The van der Waals surface area contributed by atoms with E-state index in [-0.39, 0.29) is 5.92 Å². The first kappa shape index (κ1) is 14.8. The van der Waals surface area contributed by atoms with Crippen LogP contribution in [0.1, 0.15) is 32.1 Å². The van der Waals surface area contributed by atoms with E-state index in [0.29, 0.717) is 19.1 Å². The molecule has 1 aliphatic carbocycles. The molecular formula is C14H27N3O2. The van der Waals surface area contributed by atoms with Crippen LogP contribution < -0.4 is 11.1 Å². The molecule has 1 saturated heterocycles. The van der Waals surface area contributed by atoms with Crippen molar-refractivity contribution in [3.63, 3.8) is 0 Å². The molecule has 0 bridgehead atoms. The highest BCUT2D eigenvalue weighted by molar-refractivity contribution is 5.70. The summed E-state index contributed by atoms with van der Waals surface area (Å²) in [5, 5.41) is 12.8. The van der Waals surface area contributed by atoms with Crippen molar-refractivity contribution in [1.29, 1.82) is 0 Å². The summed E-state index contributed by atoms with van der Waals surface area (Å²) in [4.78, 5) is 13.4. The fourth-order valence-electron chi connectivity index (χ4n) is 3.43. The highest BCUT2D eigenvalue weighted by Crippen LogP contribution is 2.24. The molecule has 2 rings (SSSR count). The number of piperidine rings is 1. The maximum absolute atomic E-state index is 11.2.